The second-order valence-electron chi connectivity index (χ2n) is 6.88. The molecule has 0 fully saturated rings. The summed E-state index contributed by atoms with van der Waals surface area (Å²) in [5.74, 6) is 0.575. The summed E-state index contributed by atoms with van der Waals surface area (Å²) in [7, 11) is 0. The van der Waals surface area contributed by atoms with Crippen LogP contribution in [-0.2, 0) is 16.1 Å². The van der Waals surface area contributed by atoms with Crippen LogP contribution >= 0.6 is 27.7 Å². The lowest BCUT2D eigenvalue weighted by Gasteiger charge is -2.29. The van der Waals surface area contributed by atoms with Crippen LogP contribution in [-0.4, -0.2) is 35.1 Å². The van der Waals surface area contributed by atoms with Gasteiger partial charge in [0.25, 0.3) is 0 Å². The summed E-state index contributed by atoms with van der Waals surface area (Å²) in [6, 6.07) is 17.4. The number of amides is 2. The molecule has 4 nitrogen and oxygen atoms in total. The Morgan fingerprint density at radius 2 is 1.90 bits per heavy atom. The van der Waals surface area contributed by atoms with Crippen molar-refractivity contribution in [3.05, 3.63) is 64.6 Å². The van der Waals surface area contributed by atoms with E-state index < -0.39 is 6.04 Å². The Balaban J connectivity index is 2.03. The van der Waals surface area contributed by atoms with Gasteiger partial charge in [0.05, 0.1) is 0 Å². The second-order valence-corrected chi connectivity index (χ2v) is 8.97. The number of carbonyl (C=O) groups excluding carboxylic acids is 2. The molecule has 0 heterocycles. The first kappa shape index (κ1) is 23.5. The van der Waals surface area contributed by atoms with E-state index in [0.29, 0.717) is 25.3 Å². The standard InChI is InChI=1S/C23H29BrN2O2S/c1-3-4-14-25-23(28)18(2)26(17-19-9-8-10-20(24)16-19)22(27)13-15-29-21-11-6-5-7-12-21/h5-12,16,18H,3-4,13-15,17H2,1-2H3,(H,25,28)/t18-/m1/s1. The van der Waals surface area contributed by atoms with Crippen molar-refractivity contribution in [2.75, 3.05) is 12.3 Å². The summed E-state index contributed by atoms with van der Waals surface area (Å²) >= 11 is 5.14. The highest BCUT2D eigenvalue weighted by Crippen LogP contribution is 2.20. The summed E-state index contributed by atoms with van der Waals surface area (Å²) in [6.45, 7) is 4.95. The molecule has 0 aliphatic rings. The molecular formula is C23H29BrN2O2S. The molecule has 0 spiro atoms. The van der Waals surface area contributed by atoms with Crippen molar-refractivity contribution in [1.29, 1.82) is 0 Å². The average Bonchev–Trinajstić information content (AvgIpc) is 2.72. The number of carbonyl (C=O) groups is 2. The normalized spacial score (nSPS) is 11.7. The van der Waals surface area contributed by atoms with E-state index in [4.69, 9.17) is 0 Å². The minimum Gasteiger partial charge on any atom is -0.354 e. The lowest BCUT2D eigenvalue weighted by atomic mass is 10.1. The number of hydrogen-bond acceptors (Lipinski definition) is 3. The molecule has 2 aromatic rings. The van der Waals surface area contributed by atoms with E-state index in [1.54, 1.807) is 16.7 Å². The molecule has 0 aliphatic heterocycles. The molecule has 0 radical (unpaired) electrons. The maximum atomic E-state index is 13.0. The van der Waals surface area contributed by atoms with Gasteiger partial charge in [0.1, 0.15) is 6.04 Å². The molecule has 2 amide bonds. The van der Waals surface area contributed by atoms with E-state index in [1.807, 2.05) is 61.5 Å². The molecule has 2 rings (SSSR count). The van der Waals surface area contributed by atoms with Crippen molar-refractivity contribution in [3.8, 4) is 0 Å². The fourth-order valence-corrected chi connectivity index (χ4v) is 4.18. The predicted octanol–water partition coefficient (Wildman–Crippen LogP) is 5.26. The summed E-state index contributed by atoms with van der Waals surface area (Å²) < 4.78 is 0.960. The van der Waals surface area contributed by atoms with E-state index in [9.17, 15) is 9.59 Å². The van der Waals surface area contributed by atoms with E-state index in [1.165, 1.54) is 0 Å². The van der Waals surface area contributed by atoms with Crippen LogP contribution in [0.3, 0.4) is 0 Å². The molecule has 0 bridgehead atoms. The molecule has 0 aliphatic carbocycles. The third-order valence-electron chi connectivity index (χ3n) is 4.57. The van der Waals surface area contributed by atoms with Crippen LogP contribution < -0.4 is 5.32 Å². The minimum atomic E-state index is -0.514. The van der Waals surface area contributed by atoms with E-state index >= 15 is 0 Å². The summed E-state index contributed by atoms with van der Waals surface area (Å²) in [6.07, 6.45) is 2.35. The van der Waals surface area contributed by atoms with Crippen molar-refractivity contribution in [2.45, 2.75) is 50.6 Å². The quantitative estimate of drug-likeness (QED) is 0.355. The van der Waals surface area contributed by atoms with Crippen LogP contribution in [0.5, 0.6) is 0 Å². The topological polar surface area (TPSA) is 49.4 Å². The average molecular weight is 477 g/mol. The number of nitrogens with one attached hydrogen (secondary N) is 1. The second kappa shape index (κ2) is 12.7. The lowest BCUT2D eigenvalue weighted by Crippen LogP contribution is -2.47. The zero-order valence-electron chi connectivity index (χ0n) is 17.1. The Hall–Kier alpha value is -1.79. The zero-order valence-corrected chi connectivity index (χ0v) is 19.5. The van der Waals surface area contributed by atoms with Crippen LogP contribution in [0, 0.1) is 0 Å². The lowest BCUT2D eigenvalue weighted by molar-refractivity contribution is -0.140. The Kier molecular flexibility index (Phi) is 10.3. The summed E-state index contributed by atoms with van der Waals surface area (Å²) in [4.78, 5) is 28.4. The number of halogens is 1. The first-order valence-electron chi connectivity index (χ1n) is 10.0. The van der Waals surface area contributed by atoms with Gasteiger partial charge in [-0.3, -0.25) is 9.59 Å². The largest absolute Gasteiger partial charge is 0.354 e. The molecule has 0 saturated heterocycles. The number of rotatable bonds is 11. The first-order valence-corrected chi connectivity index (χ1v) is 11.8. The van der Waals surface area contributed by atoms with Gasteiger partial charge >= 0.3 is 0 Å². The van der Waals surface area contributed by atoms with Crippen molar-refractivity contribution < 1.29 is 9.59 Å². The summed E-state index contributed by atoms with van der Waals surface area (Å²) in [5.41, 5.74) is 0.997. The molecule has 2 aromatic carbocycles. The molecule has 6 heteroatoms. The van der Waals surface area contributed by atoms with E-state index in [0.717, 1.165) is 27.8 Å². The first-order chi connectivity index (χ1) is 14.0. The fourth-order valence-electron chi connectivity index (χ4n) is 2.87. The Labute approximate surface area is 186 Å². The van der Waals surface area contributed by atoms with Gasteiger partial charge in [-0.05, 0) is 43.2 Å². The van der Waals surface area contributed by atoms with Gasteiger partial charge in [0.2, 0.25) is 11.8 Å². The van der Waals surface area contributed by atoms with Gasteiger partial charge < -0.3 is 10.2 Å². The number of unbranched alkanes of at least 4 members (excludes halogenated alkanes) is 1. The molecule has 0 saturated carbocycles. The van der Waals surface area contributed by atoms with Crippen LogP contribution in [0.2, 0.25) is 0 Å². The number of hydrogen-bond donors (Lipinski definition) is 1. The highest BCUT2D eigenvalue weighted by molar-refractivity contribution is 9.10. The van der Waals surface area contributed by atoms with Crippen LogP contribution in [0.15, 0.2) is 64.0 Å². The monoisotopic (exact) mass is 476 g/mol. The Morgan fingerprint density at radius 3 is 2.59 bits per heavy atom. The predicted molar refractivity (Wildman–Crippen MR) is 124 cm³/mol. The van der Waals surface area contributed by atoms with Gasteiger partial charge in [0.15, 0.2) is 0 Å². The molecule has 156 valence electrons. The van der Waals surface area contributed by atoms with Crippen LogP contribution in [0.25, 0.3) is 0 Å². The van der Waals surface area contributed by atoms with Gasteiger partial charge in [-0.2, -0.15) is 0 Å². The molecule has 1 N–H and O–H groups in total. The van der Waals surface area contributed by atoms with E-state index in [-0.39, 0.29) is 11.8 Å². The Morgan fingerprint density at radius 1 is 1.14 bits per heavy atom. The fraction of sp³-hybridized carbons (Fsp3) is 0.391. The number of nitrogens with zero attached hydrogens (tertiary/aromatic N) is 1. The molecule has 1 atom stereocenters. The summed E-state index contributed by atoms with van der Waals surface area (Å²) in [5, 5.41) is 2.95. The van der Waals surface area contributed by atoms with Gasteiger partial charge in [-0.15, -0.1) is 11.8 Å². The van der Waals surface area contributed by atoms with Crippen molar-refractivity contribution >= 4 is 39.5 Å². The van der Waals surface area contributed by atoms with Crippen LogP contribution in [0.1, 0.15) is 38.7 Å². The van der Waals surface area contributed by atoms with Gasteiger partial charge in [0, 0.05) is 34.6 Å². The van der Waals surface area contributed by atoms with Crippen LogP contribution in [0.4, 0.5) is 0 Å². The molecule has 0 unspecified atom stereocenters. The molecule has 29 heavy (non-hydrogen) atoms. The van der Waals surface area contributed by atoms with Crippen molar-refractivity contribution in [1.82, 2.24) is 10.2 Å². The van der Waals surface area contributed by atoms with Gasteiger partial charge in [-0.1, -0.05) is 59.6 Å². The highest BCUT2D eigenvalue weighted by atomic mass is 79.9. The smallest absolute Gasteiger partial charge is 0.242 e. The van der Waals surface area contributed by atoms with Gasteiger partial charge in [-0.25, -0.2) is 0 Å². The highest BCUT2D eigenvalue weighted by Gasteiger charge is 2.25. The van der Waals surface area contributed by atoms with Crippen molar-refractivity contribution in [2.24, 2.45) is 0 Å². The molecular weight excluding hydrogens is 448 g/mol. The maximum absolute atomic E-state index is 13.0. The Bertz CT molecular complexity index is 785. The number of thioether (sulfide) groups is 1. The zero-order chi connectivity index (χ0) is 21.1. The minimum absolute atomic E-state index is 0.00783. The van der Waals surface area contributed by atoms with E-state index in [2.05, 4.69) is 28.2 Å². The maximum Gasteiger partial charge on any atom is 0.242 e. The third-order valence-corrected chi connectivity index (χ3v) is 6.07. The molecule has 0 aromatic heterocycles. The number of benzene rings is 2. The SMILES string of the molecule is CCCCNC(=O)[C@@H](C)N(Cc1cccc(Br)c1)C(=O)CCSc1ccccc1. The third kappa shape index (κ3) is 8.23. The van der Waals surface area contributed by atoms with Crippen molar-refractivity contribution in [3.63, 3.8) is 0 Å².